The summed E-state index contributed by atoms with van der Waals surface area (Å²) in [6.07, 6.45) is 6.76. The molecule has 1 aromatic rings. The van der Waals surface area contributed by atoms with Crippen LogP contribution in [-0.2, 0) is 16.6 Å². The predicted molar refractivity (Wildman–Crippen MR) is 79.8 cm³/mol. The van der Waals surface area contributed by atoms with Crippen LogP contribution in [0.25, 0.3) is 0 Å². The number of hydrogen-bond donors (Lipinski definition) is 3. The van der Waals surface area contributed by atoms with Gasteiger partial charge in [0.05, 0.1) is 11.4 Å². The van der Waals surface area contributed by atoms with Gasteiger partial charge in [-0.3, -0.25) is 5.10 Å². The summed E-state index contributed by atoms with van der Waals surface area (Å²) < 4.78 is 27.0. The van der Waals surface area contributed by atoms with Crippen molar-refractivity contribution in [1.82, 2.24) is 14.9 Å². The van der Waals surface area contributed by atoms with Crippen molar-refractivity contribution in [3.05, 3.63) is 11.4 Å². The second-order valence-corrected chi connectivity index (χ2v) is 6.70. The molecular weight excluding hydrogens is 276 g/mol. The second kappa shape index (κ2) is 8.39. The van der Waals surface area contributed by atoms with Gasteiger partial charge in [-0.15, -0.1) is 0 Å². The maximum atomic E-state index is 12.2. The van der Waals surface area contributed by atoms with E-state index < -0.39 is 10.0 Å². The molecule has 0 atom stereocenters. The van der Waals surface area contributed by atoms with E-state index in [1.165, 1.54) is 19.3 Å². The van der Waals surface area contributed by atoms with Crippen LogP contribution in [0.2, 0.25) is 0 Å². The number of H-pyrrole nitrogens is 1. The highest BCUT2D eigenvalue weighted by Gasteiger charge is 2.22. The summed E-state index contributed by atoms with van der Waals surface area (Å²) in [4.78, 5) is 0.200. The zero-order valence-electron chi connectivity index (χ0n) is 12.4. The van der Waals surface area contributed by atoms with Gasteiger partial charge in [-0.05, 0) is 13.3 Å². The Balaban J connectivity index is 2.44. The van der Waals surface area contributed by atoms with Crippen molar-refractivity contribution in [2.24, 2.45) is 5.73 Å². The zero-order chi connectivity index (χ0) is 15.0. The molecule has 116 valence electrons. The van der Waals surface area contributed by atoms with Crippen LogP contribution >= 0.6 is 0 Å². The van der Waals surface area contributed by atoms with Crippen molar-refractivity contribution < 1.29 is 8.42 Å². The van der Waals surface area contributed by atoms with Gasteiger partial charge in [0.1, 0.15) is 4.90 Å². The molecule has 0 aliphatic rings. The normalized spacial score (nSPS) is 11.9. The number of unbranched alkanes of at least 4 members (excludes halogenated alkanes) is 5. The molecule has 7 heteroatoms. The molecule has 0 saturated carbocycles. The first-order valence-corrected chi connectivity index (χ1v) is 8.74. The third-order valence-electron chi connectivity index (χ3n) is 3.25. The average molecular weight is 302 g/mol. The van der Waals surface area contributed by atoms with E-state index in [1.54, 1.807) is 6.92 Å². The first-order chi connectivity index (χ1) is 9.53. The Kier molecular flexibility index (Phi) is 7.18. The number of nitrogens with one attached hydrogen (secondary N) is 2. The minimum absolute atomic E-state index is 0.109. The Morgan fingerprint density at radius 3 is 2.50 bits per heavy atom. The Morgan fingerprint density at radius 2 is 1.85 bits per heavy atom. The number of aromatic nitrogens is 2. The van der Waals surface area contributed by atoms with Gasteiger partial charge in [0.2, 0.25) is 10.0 Å². The van der Waals surface area contributed by atoms with Crippen LogP contribution in [0.3, 0.4) is 0 Å². The van der Waals surface area contributed by atoms with Crippen LogP contribution in [-0.4, -0.2) is 25.2 Å². The summed E-state index contributed by atoms with van der Waals surface area (Å²) in [5, 5.41) is 6.58. The number of sulfonamides is 1. The molecule has 0 aliphatic heterocycles. The lowest BCUT2D eigenvalue weighted by atomic mass is 10.1. The number of aryl methyl sites for hydroxylation is 1. The number of nitrogens with zero attached hydrogens (tertiary/aromatic N) is 1. The third-order valence-corrected chi connectivity index (χ3v) is 4.91. The van der Waals surface area contributed by atoms with Gasteiger partial charge in [-0.1, -0.05) is 39.0 Å². The summed E-state index contributed by atoms with van der Waals surface area (Å²) in [6, 6.07) is 0. The first kappa shape index (κ1) is 17.1. The van der Waals surface area contributed by atoms with E-state index in [1.807, 2.05) is 0 Å². The van der Waals surface area contributed by atoms with E-state index >= 15 is 0 Å². The van der Waals surface area contributed by atoms with E-state index in [9.17, 15) is 8.42 Å². The Labute approximate surface area is 121 Å². The smallest absolute Gasteiger partial charge is 0.244 e. The van der Waals surface area contributed by atoms with E-state index in [-0.39, 0.29) is 11.4 Å². The first-order valence-electron chi connectivity index (χ1n) is 7.26. The van der Waals surface area contributed by atoms with Crippen molar-refractivity contribution in [3.63, 3.8) is 0 Å². The molecule has 0 fully saturated rings. The fourth-order valence-corrected chi connectivity index (χ4v) is 3.59. The molecule has 1 heterocycles. The van der Waals surface area contributed by atoms with Crippen molar-refractivity contribution in [1.29, 1.82) is 0 Å². The standard InChI is InChI=1S/C13H26N4O2S/c1-3-4-5-6-7-8-9-15-20(18,19)13-11(2)16-17-12(13)10-14/h15H,3-10,14H2,1-2H3,(H,16,17). The lowest BCUT2D eigenvalue weighted by Gasteiger charge is -2.07. The van der Waals surface area contributed by atoms with Gasteiger partial charge in [-0.25, -0.2) is 13.1 Å². The maximum Gasteiger partial charge on any atom is 0.244 e. The largest absolute Gasteiger partial charge is 0.325 e. The number of nitrogens with two attached hydrogens (primary N) is 1. The van der Waals surface area contributed by atoms with Crippen molar-refractivity contribution in [2.45, 2.75) is 63.8 Å². The second-order valence-electron chi connectivity index (χ2n) is 4.99. The van der Waals surface area contributed by atoms with Crippen LogP contribution in [0, 0.1) is 6.92 Å². The maximum absolute atomic E-state index is 12.2. The molecule has 4 N–H and O–H groups in total. The van der Waals surface area contributed by atoms with E-state index in [0.717, 1.165) is 19.3 Å². The monoisotopic (exact) mass is 302 g/mol. The zero-order valence-corrected chi connectivity index (χ0v) is 13.2. The van der Waals surface area contributed by atoms with Crippen molar-refractivity contribution >= 4 is 10.0 Å². The molecule has 0 spiro atoms. The van der Waals surface area contributed by atoms with E-state index in [2.05, 4.69) is 21.8 Å². The molecule has 6 nitrogen and oxygen atoms in total. The molecule has 0 aliphatic carbocycles. The molecule has 20 heavy (non-hydrogen) atoms. The van der Waals surface area contributed by atoms with Gasteiger partial charge < -0.3 is 5.73 Å². The van der Waals surface area contributed by atoms with Crippen LogP contribution in [0.15, 0.2) is 4.90 Å². The van der Waals surface area contributed by atoms with Crippen LogP contribution in [0.1, 0.15) is 56.8 Å². The van der Waals surface area contributed by atoms with E-state index in [4.69, 9.17) is 5.73 Å². The SMILES string of the molecule is CCCCCCCCNS(=O)(=O)c1c(CN)n[nH]c1C. The predicted octanol–water partition coefficient (Wildman–Crippen LogP) is 1.82. The molecule has 0 radical (unpaired) electrons. The fraction of sp³-hybridized carbons (Fsp3) is 0.769. The number of hydrogen-bond acceptors (Lipinski definition) is 4. The van der Waals surface area contributed by atoms with Crippen molar-refractivity contribution in [3.8, 4) is 0 Å². The summed E-state index contributed by atoms with van der Waals surface area (Å²) in [5.74, 6) is 0. The average Bonchev–Trinajstić information content (AvgIpc) is 2.79. The Hall–Kier alpha value is -0.920. The molecule has 0 unspecified atom stereocenters. The highest BCUT2D eigenvalue weighted by atomic mass is 32.2. The molecule has 0 bridgehead atoms. The van der Waals surface area contributed by atoms with Crippen LogP contribution in [0.5, 0.6) is 0 Å². The lowest BCUT2D eigenvalue weighted by Crippen LogP contribution is -2.26. The minimum atomic E-state index is -3.51. The van der Waals surface area contributed by atoms with Crippen molar-refractivity contribution in [2.75, 3.05) is 6.54 Å². The lowest BCUT2D eigenvalue weighted by molar-refractivity contribution is 0.566. The van der Waals surface area contributed by atoms with Crippen LogP contribution in [0.4, 0.5) is 0 Å². The Morgan fingerprint density at radius 1 is 1.20 bits per heavy atom. The highest BCUT2D eigenvalue weighted by Crippen LogP contribution is 2.16. The summed E-state index contributed by atoms with van der Waals surface area (Å²) in [6.45, 7) is 4.43. The number of rotatable bonds is 10. The topological polar surface area (TPSA) is 101 Å². The third kappa shape index (κ3) is 4.88. The molecule has 0 aromatic carbocycles. The molecular formula is C13H26N4O2S. The van der Waals surface area contributed by atoms with Crippen LogP contribution < -0.4 is 10.5 Å². The molecule has 0 saturated heterocycles. The molecule has 1 aromatic heterocycles. The number of aromatic amines is 1. The summed E-state index contributed by atoms with van der Waals surface area (Å²) in [5.41, 5.74) is 6.42. The fourth-order valence-electron chi connectivity index (χ4n) is 2.15. The summed E-state index contributed by atoms with van der Waals surface area (Å²) in [7, 11) is -3.51. The van der Waals surface area contributed by atoms with Gasteiger partial charge in [-0.2, -0.15) is 5.10 Å². The van der Waals surface area contributed by atoms with Gasteiger partial charge in [0.15, 0.2) is 0 Å². The van der Waals surface area contributed by atoms with Gasteiger partial charge in [0, 0.05) is 13.1 Å². The molecule has 1 rings (SSSR count). The Bertz CT molecular complexity index is 496. The van der Waals surface area contributed by atoms with E-state index in [0.29, 0.717) is 17.9 Å². The van der Waals surface area contributed by atoms with Gasteiger partial charge in [0.25, 0.3) is 0 Å². The van der Waals surface area contributed by atoms with Gasteiger partial charge >= 0.3 is 0 Å². The molecule has 0 amide bonds. The quantitative estimate of drug-likeness (QED) is 0.574. The highest BCUT2D eigenvalue weighted by molar-refractivity contribution is 7.89. The minimum Gasteiger partial charge on any atom is -0.325 e. The summed E-state index contributed by atoms with van der Waals surface area (Å²) >= 11 is 0.